The van der Waals surface area contributed by atoms with Gasteiger partial charge in [-0.1, -0.05) is 30.3 Å². The minimum absolute atomic E-state index is 0.000836. The summed E-state index contributed by atoms with van der Waals surface area (Å²) in [6.45, 7) is 1.44. The van der Waals surface area contributed by atoms with Gasteiger partial charge in [-0.25, -0.2) is 0 Å². The van der Waals surface area contributed by atoms with Crippen LogP contribution in [0.1, 0.15) is 11.6 Å². The monoisotopic (exact) mass is 256 g/mol. The maximum atomic E-state index is 12.1. The fraction of sp³-hybridized carbons (Fsp3) is 0.267. The molecule has 1 heterocycles. The number of ether oxygens (including phenoxy) is 1. The van der Waals surface area contributed by atoms with Crippen LogP contribution < -0.4 is 15.4 Å². The summed E-state index contributed by atoms with van der Waals surface area (Å²) in [5.41, 5.74) is 0.915. The van der Waals surface area contributed by atoms with Gasteiger partial charge in [0.2, 0.25) is 5.91 Å². The molecule has 19 heavy (non-hydrogen) atoms. The Kier molecular flexibility index (Phi) is 3.09. The number of hydrogen-bond donors (Lipinski definition) is 2. The quantitative estimate of drug-likeness (QED) is 0.858. The maximum absolute atomic E-state index is 12.1. The summed E-state index contributed by atoms with van der Waals surface area (Å²) >= 11 is 0. The molecule has 0 aromatic heterocycles. The Morgan fingerprint density at radius 2 is 2.00 bits per heavy atom. The van der Waals surface area contributed by atoms with Crippen LogP contribution in [0, 0.1) is 0 Å². The summed E-state index contributed by atoms with van der Waals surface area (Å²) in [5.74, 6) is 0.745. The molecule has 1 aliphatic rings. The van der Waals surface area contributed by atoms with Gasteiger partial charge in [-0.3, -0.25) is 4.79 Å². The fourth-order valence-corrected chi connectivity index (χ4v) is 2.58. The molecule has 3 rings (SSSR count). The predicted octanol–water partition coefficient (Wildman–Crippen LogP) is 1.61. The summed E-state index contributed by atoms with van der Waals surface area (Å²) in [5, 5.41) is 8.31. The normalized spacial score (nSPS) is 19.2. The summed E-state index contributed by atoms with van der Waals surface area (Å²) in [6.07, 6.45) is 0. The number of piperazine rings is 1. The molecule has 4 nitrogen and oxygen atoms in total. The highest BCUT2D eigenvalue weighted by atomic mass is 16.5. The molecule has 1 aliphatic heterocycles. The van der Waals surface area contributed by atoms with Crippen LogP contribution in [0.15, 0.2) is 36.4 Å². The highest BCUT2D eigenvalue weighted by Crippen LogP contribution is 2.33. The maximum Gasteiger partial charge on any atom is 0.241 e. The first-order valence-electron chi connectivity index (χ1n) is 6.38. The van der Waals surface area contributed by atoms with Gasteiger partial charge < -0.3 is 15.4 Å². The molecule has 0 bridgehead atoms. The van der Waals surface area contributed by atoms with E-state index >= 15 is 0 Å². The summed E-state index contributed by atoms with van der Waals surface area (Å²) < 4.78 is 5.43. The molecule has 0 radical (unpaired) electrons. The van der Waals surface area contributed by atoms with Crippen molar-refractivity contribution in [2.45, 2.75) is 6.04 Å². The zero-order valence-electron chi connectivity index (χ0n) is 10.8. The first kappa shape index (κ1) is 12.0. The lowest BCUT2D eigenvalue weighted by molar-refractivity contribution is -0.124. The molecule has 1 fully saturated rings. The molecular formula is C15H16N2O2. The van der Waals surface area contributed by atoms with E-state index in [1.807, 2.05) is 36.4 Å². The number of fused-ring (bicyclic) bond motifs is 1. The van der Waals surface area contributed by atoms with Crippen molar-refractivity contribution in [3.05, 3.63) is 42.0 Å². The van der Waals surface area contributed by atoms with Crippen LogP contribution >= 0.6 is 0 Å². The van der Waals surface area contributed by atoms with Gasteiger partial charge in [-0.2, -0.15) is 0 Å². The van der Waals surface area contributed by atoms with E-state index in [2.05, 4.69) is 10.6 Å². The van der Waals surface area contributed by atoms with Crippen LogP contribution in [-0.4, -0.2) is 26.1 Å². The smallest absolute Gasteiger partial charge is 0.241 e. The second-order valence-corrected chi connectivity index (χ2v) is 4.58. The Morgan fingerprint density at radius 1 is 1.16 bits per heavy atom. The third kappa shape index (κ3) is 2.04. The molecular weight excluding hydrogens is 240 g/mol. The summed E-state index contributed by atoms with van der Waals surface area (Å²) in [6, 6.07) is 11.6. The standard InChI is InChI=1S/C15H16N2O2/c1-19-12-7-6-10-4-2-3-5-11(10)13(12)14-15(18)17-9-8-16-14/h2-7,14,16H,8-9H2,1H3,(H,17,18). The molecule has 0 aliphatic carbocycles. The lowest BCUT2D eigenvalue weighted by Crippen LogP contribution is -2.47. The number of methoxy groups -OCH3 is 1. The first-order chi connectivity index (χ1) is 9.31. The van der Waals surface area contributed by atoms with Crippen LogP contribution in [0.25, 0.3) is 10.8 Å². The second kappa shape index (κ2) is 4.90. The molecule has 1 amide bonds. The van der Waals surface area contributed by atoms with Crippen molar-refractivity contribution < 1.29 is 9.53 Å². The van der Waals surface area contributed by atoms with Gasteiger partial charge in [-0.15, -0.1) is 0 Å². The highest BCUT2D eigenvalue weighted by molar-refractivity contribution is 5.94. The fourth-order valence-electron chi connectivity index (χ4n) is 2.58. The van der Waals surface area contributed by atoms with Crippen molar-refractivity contribution in [2.75, 3.05) is 20.2 Å². The van der Waals surface area contributed by atoms with E-state index in [1.165, 1.54) is 0 Å². The number of hydrogen-bond acceptors (Lipinski definition) is 3. The average molecular weight is 256 g/mol. The Bertz CT molecular complexity index is 625. The van der Waals surface area contributed by atoms with E-state index in [0.717, 1.165) is 28.6 Å². The van der Waals surface area contributed by atoms with Crippen molar-refractivity contribution in [3.8, 4) is 5.75 Å². The lowest BCUT2D eigenvalue weighted by Gasteiger charge is -2.26. The van der Waals surface area contributed by atoms with Crippen molar-refractivity contribution in [1.29, 1.82) is 0 Å². The Balaban J connectivity index is 2.21. The van der Waals surface area contributed by atoms with Crippen LogP contribution in [0.3, 0.4) is 0 Å². The van der Waals surface area contributed by atoms with Crippen molar-refractivity contribution >= 4 is 16.7 Å². The zero-order chi connectivity index (χ0) is 13.2. The van der Waals surface area contributed by atoms with E-state index < -0.39 is 0 Å². The molecule has 2 N–H and O–H groups in total. The number of rotatable bonds is 2. The van der Waals surface area contributed by atoms with E-state index in [-0.39, 0.29) is 11.9 Å². The van der Waals surface area contributed by atoms with Crippen LogP contribution in [0.2, 0.25) is 0 Å². The molecule has 0 spiro atoms. The SMILES string of the molecule is COc1ccc2ccccc2c1C1NCCNC1=O. The van der Waals surface area contributed by atoms with Gasteiger partial charge in [-0.05, 0) is 16.8 Å². The predicted molar refractivity (Wildman–Crippen MR) is 74.3 cm³/mol. The number of benzene rings is 2. The largest absolute Gasteiger partial charge is 0.496 e. The van der Waals surface area contributed by atoms with Crippen molar-refractivity contribution in [3.63, 3.8) is 0 Å². The highest BCUT2D eigenvalue weighted by Gasteiger charge is 2.27. The third-order valence-electron chi connectivity index (χ3n) is 3.47. The molecule has 2 aromatic carbocycles. The topological polar surface area (TPSA) is 50.4 Å². The van der Waals surface area contributed by atoms with E-state index in [9.17, 15) is 4.79 Å². The van der Waals surface area contributed by atoms with Gasteiger partial charge in [0, 0.05) is 18.7 Å². The number of nitrogens with one attached hydrogen (secondary N) is 2. The van der Waals surface area contributed by atoms with Crippen LogP contribution in [0.5, 0.6) is 5.75 Å². The number of carbonyl (C=O) groups is 1. The Morgan fingerprint density at radius 3 is 2.79 bits per heavy atom. The minimum Gasteiger partial charge on any atom is -0.496 e. The number of carbonyl (C=O) groups excluding carboxylic acids is 1. The van der Waals surface area contributed by atoms with Gasteiger partial charge in [0.05, 0.1) is 7.11 Å². The van der Waals surface area contributed by atoms with E-state index in [1.54, 1.807) is 7.11 Å². The lowest BCUT2D eigenvalue weighted by atomic mass is 9.96. The van der Waals surface area contributed by atoms with Gasteiger partial charge >= 0.3 is 0 Å². The van der Waals surface area contributed by atoms with E-state index in [0.29, 0.717) is 6.54 Å². The van der Waals surface area contributed by atoms with Crippen molar-refractivity contribution in [2.24, 2.45) is 0 Å². The average Bonchev–Trinajstić information content (AvgIpc) is 2.47. The molecule has 1 atom stereocenters. The Hall–Kier alpha value is -2.07. The molecule has 98 valence electrons. The van der Waals surface area contributed by atoms with E-state index in [4.69, 9.17) is 4.74 Å². The molecule has 2 aromatic rings. The van der Waals surface area contributed by atoms with Crippen molar-refractivity contribution in [1.82, 2.24) is 10.6 Å². The minimum atomic E-state index is -0.352. The summed E-state index contributed by atoms with van der Waals surface area (Å²) in [4.78, 5) is 12.1. The van der Waals surface area contributed by atoms with Gasteiger partial charge in [0.25, 0.3) is 0 Å². The van der Waals surface area contributed by atoms with Gasteiger partial charge in [0.1, 0.15) is 11.8 Å². The second-order valence-electron chi connectivity index (χ2n) is 4.58. The molecule has 1 unspecified atom stereocenters. The Labute approximate surface area is 111 Å². The molecule has 1 saturated heterocycles. The van der Waals surface area contributed by atoms with Crippen LogP contribution in [0.4, 0.5) is 0 Å². The summed E-state index contributed by atoms with van der Waals surface area (Å²) in [7, 11) is 1.63. The zero-order valence-corrected chi connectivity index (χ0v) is 10.8. The third-order valence-corrected chi connectivity index (χ3v) is 3.47. The van der Waals surface area contributed by atoms with Crippen LogP contribution in [-0.2, 0) is 4.79 Å². The molecule has 0 saturated carbocycles. The van der Waals surface area contributed by atoms with Gasteiger partial charge in [0.15, 0.2) is 0 Å². The molecule has 4 heteroatoms. The number of amides is 1. The first-order valence-corrected chi connectivity index (χ1v) is 6.38.